The maximum atomic E-state index is 15.4. The summed E-state index contributed by atoms with van der Waals surface area (Å²) in [6.07, 6.45) is 9.73. The zero-order valence-electron chi connectivity index (χ0n) is 41.1. The van der Waals surface area contributed by atoms with E-state index in [1.807, 2.05) is 72.8 Å². The number of hydrogen-bond acceptors (Lipinski definition) is 13. The van der Waals surface area contributed by atoms with Crippen LogP contribution in [0.5, 0.6) is 17.2 Å². The molecular formula is C58H65N3O11S. The zero-order chi connectivity index (χ0) is 50.6. The maximum absolute atomic E-state index is 15.4. The van der Waals surface area contributed by atoms with Crippen molar-refractivity contribution in [2.24, 2.45) is 22.9 Å². The molecule has 0 radical (unpaired) electrons. The lowest BCUT2D eigenvalue weighted by atomic mass is 9.55. The number of carbonyl (C=O) groups excluding carboxylic acids is 1. The Bertz CT molecular complexity index is 2730. The minimum Gasteiger partial charge on any atom is -0.493 e. The number of nitrogens with zero attached hydrogens (tertiary/aromatic N) is 3. The molecule has 0 bridgehead atoms. The van der Waals surface area contributed by atoms with Crippen LogP contribution in [0.15, 0.2) is 150 Å². The van der Waals surface area contributed by atoms with Gasteiger partial charge in [0.15, 0.2) is 0 Å². The number of nitro benzene ring substituents is 1. The van der Waals surface area contributed by atoms with E-state index in [0.717, 1.165) is 76.6 Å². The number of unbranched alkanes of at least 4 members (excludes halogenated alkanes) is 2. The molecule has 2 aliphatic heterocycles. The van der Waals surface area contributed by atoms with Crippen molar-refractivity contribution in [2.75, 3.05) is 38.8 Å². The van der Waals surface area contributed by atoms with Gasteiger partial charge in [0.25, 0.3) is 5.69 Å². The molecular weight excluding hydrogens is 947 g/mol. The summed E-state index contributed by atoms with van der Waals surface area (Å²) in [6.45, 7) is 5.37. The molecule has 2 N–H and O–H groups in total. The fourth-order valence-corrected chi connectivity index (χ4v) is 12.0. The highest BCUT2D eigenvalue weighted by molar-refractivity contribution is 7.99. The lowest BCUT2D eigenvalue weighted by Crippen LogP contribution is -2.70. The molecule has 384 valence electrons. The number of carbonyl (C=O) groups is 1. The normalized spacial score (nSPS) is 23.6. The molecule has 4 aliphatic rings. The van der Waals surface area contributed by atoms with Crippen LogP contribution in [-0.4, -0.2) is 88.7 Å². The molecule has 0 spiro atoms. The van der Waals surface area contributed by atoms with Crippen LogP contribution < -0.4 is 14.2 Å². The smallest absolute Gasteiger partial charge is 0.416 e. The van der Waals surface area contributed by atoms with Crippen molar-refractivity contribution < 1.29 is 48.5 Å². The molecule has 5 aromatic rings. The quantitative estimate of drug-likeness (QED) is 0.0209. The van der Waals surface area contributed by atoms with Gasteiger partial charge in [0.05, 0.1) is 42.9 Å². The van der Waals surface area contributed by atoms with Gasteiger partial charge in [-0.2, -0.15) is 0 Å². The summed E-state index contributed by atoms with van der Waals surface area (Å²) >= 11 is 1.73. The Balaban J connectivity index is 1.22. The molecule has 5 aromatic carbocycles. The van der Waals surface area contributed by atoms with E-state index in [1.54, 1.807) is 22.7 Å². The van der Waals surface area contributed by atoms with Gasteiger partial charge in [-0.1, -0.05) is 90.8 Å². The standard InChI is InChI=1S/C58H65N3O11S/c1-2-32-69-58-53(60(39-42-18-14-17-40-15-6-7-21-47(40)42)57(64)70-44-26-24-43(25-27-44)61(65)66)38-51(59-72-54-23-10-13-33-68-54)49-36-41(16-8-11-30-62)48(22-9-12-31-63)55(56(49)58)50-37-45(28-29-52(50)71-58)67-34-35-73-46-19-4-3-5-20-46/h2-7,14-15,17-21,24-29,36-37,41,48,53-56,62-63H,1,8-13,16,22-23,30-35,38-39H2. The second-order valence-corrected chi connectivity index (χ2v) is 20.2. The van der Waals surface area contributed by atoms with Crippen LogP contribution in [0.4, 0.5) is 10.5 Å². The van der Waals surface area contributed by atoms with Crippen molar-refractivity contribution in [3.05, 3.63) is 161 Å². The van der Waals surface area contributed by atoms with Crippen LogP contribution in [0, 0.1) is 27.9 Å². The number of fused-ring (bicyclic) bond motifs is 3. The Morgan fingerprint density at radius 1 is 0.918 bits per heavy atom. The molecule has 73 heavy (non-hydrogen) atoms. The average Bonchev–Trinajstić information content (AvgIpc) is 3.42. The topological polar surface area (TPSA) is 172 Å². The fraction of sp³-hybridized carbons (Fsp3) is 0.414. The number of benzene rings is 5. The molecule has 0 aromatic heterocycles. The number of allylic oxidation sites excluding steroid dienone is 1. The van der Waals surface area contributed by atoms with Gasteiger partial charge in [0.1, 0.15) is 23.3 Å². The van der Waals surface area contributed by atoms with Crippen LogP contribution in [0.1, 0.15) is 81.3 Å². The molecule has 1 saturated heterocycles. The number of amides is 1. The van der Waals surface area contributed by atoms with Crippen molar-refractivity contribution in [2.45, 2.75) is 99.7 Å². The van der Waals surface area contributed by atoms with Crippen molar-refractivity contribution >= 4 is 40.0 Å². The number of ether oxygens (including phenoxy) is 5. The lowest BCUT2D eigenvalue weighted by molar-refractivity contribution is -0.384. The number of rotatable bonds is 23. The summed E-state index contributed by atoms with van der Waals surface area (Å²) in [7, 11) is 0. The van der Waals surface area contributed by atoms with E-state index in [1.165, 1.54) is 24.3 Å². The molecule has 1 saturated carbocycles. The summed E-state index contributed by atoms with van der Waals surface area (Å²) in [5.41, 5.74) is 3.15. The number of aliphatic hydroxyl groups excluding tert-OH is 2. The van der Waals surface area contributed by atoms with Gasteiger partial charge >= 0.3 is 6.09 Å². The second kappa shape index (κ2) is 24.7. The van der Waals surface area contributed by atoms with Gasteiger partial charge < -0.3 is 38.7 Å². The van der Waals surface area contributed by atoms with Crippen LogP contribution in [0.3, 0.4) is 0 Å². The van der Waals surface area contributed by atoms with Crippen molar-refractivity contribution in [1.29, 1.82) is 0 Å². The number of non-ortho nitro benzene ring substituents is 1. The van der Waals surface area contributed by atoms with Crippen LogP contribution in [-0.2, 0) is 20.9 Å². The summed E-state index contributed by atoms with van der Waals surface area (Å²) in [6, 6.07) is 34.7. The Hall–Kier alpha value is -6.23. The van der Waals surface area contributed by atoms with Gasteiger partial charge in [0.2, 0.25) is 12.1 Å². The predicted molar refractivity (Wildman–Crippen MR) is 281 cm³/mol. The highest BCUT2D eigenvalue weighted by Crippen LogP contribution is 2.62. The third-order valence-corrected chi connectivity index (χ3v) is 15.5. The Kier molecular flexibility index (Phi) is 17.5. The van der Waals surface area contributed by atoms with Crippen LogP contribution in [0.25, 0.3) is 10.8 Å². The van der Waals surface area contributed by atoms with E-state index >= 15 is 4.79 Å². The average molecular weight is 1010 g/mol. The highest BCUT2D eigenvalue weighted by atomic mass is 32.2. The van der Waals surface area contributed by atoms with Crippen molar-refractivity contribution in [3.63, 3.8) is 0 Å². The summed E-state index contributed by atoms with van der Waals surface area (Å²) in [5.74, 6) is -0.327. The predicted octanol–water partition coefficient (Wildman–Crippen LogP) is 11.8. The maximum Gasteiger partial charge on any atom is 0.416 e. The fourth-order valence-electron chi connectivity index (χ4n) is 11.2. The van der Waals surface area contributed by atoms with Gasteiger partial charge in [-0.15, -0.1) is 18.3 Å². The van der Waals surface area contributed by atoms with E-state index in [4.69, 9.17) is 33.7 Å². The van der Waals surface area contributed by atoms with E-state index in [0.29, 0.717) is 49.7 Å². The van der Waals surface area contributed by atoms with Crippen LogP contribution >= 0.6 is 11.8 Å². The first-order valence-electron chi connectivity index (χ1n) is 25.7. The monoisotopic (exact) mass is 1010 g/mol. The Labute approximate surface area is 431 Å². The highest BCUT2D eigenvalue weighted by Gasteiger charge is 2.66. The third-order valence-electron chi connectivity index (χ3n) is 14.5. The van der Waals surface area contributed by atoms with Crippen LogP contribution in [0.2, 0.25) is 0 Å². The number of hydrogen-bond donors (Lipinski definition) is 2. The minimum atomic E-state index is -1.59. The number of aliphatic hydroxyl groups is 2. The molecule has 1 amide bonds. The lowest BCUT2D eigenvalue weighted by Gasteiger charge is -2.60. The van der Waals surface area contributed by atoms with E-state index < -0.39 is 35.1 Å². The Morgan fingerprint density at radius 3 is 2.45 bits per heavy atom. The van der Waals surface area contributed by atoms with Gasteiger partial charge in [-0.05, 0) is 115 Å². The molecule has 14 nitrogen and oxygen atoms in total. The molecule has 7 atom stereocenters. The number of thioether (sulfide) groups is 1. The zero-order valence-corrected chi connectivity index (χ0v) is 42.0. The van der Waals surface area contributed by atoms with E-state index in [2.05, 4.69) is 30.9 Å². The first-order valence-corrected chi connectivity index (χ1v) is 26.6. The molecule has 2 heterocycles. The van der Waals surface area contributed by atoms with E-state index in [9.17, 15) is 20.3 Å². The Morgan fingerprint density at radius 2 is 1.68 bits per heavy atom. The molecule has 15 heteroatoms. The molecule has 2 fully saturated rings. The van der Waals surface area contributed by atoms with Gasteiger partial charge in [-0.25, -0.2) is 4.79 Å². The van der Waals surface area contributed by atoms with Crippen molar-refractivity contribution in [3.8, 4) is 17.2 Å². The van der Waals surface area contributed by atoms with Gasteiger partial charge in [0, 0.05) is 60.3 Å². The SMILES string of the molecule is C=CCOC12Oc3ccc(OCCSc4ccccc4)cc3C3C(CCCCO)C(CCCCO)C=C(C(=NOC4CCCCO4)CC1N(Cc1cccc4ccccc14)C(=O)Oc1ccc([N+](=O)[O-])cc1)C32. The summed E-state index contributed by atoms with van der Waals surface area (Å²) in [5, 5.41) is 38.8. The summed E-state index contributed by atoms with van der Waals surface area (Å²) < 4.78 is 33.6. The minimum absolute atomic E-state index is 0.0154. The molecule has 9 rings (SSSR count). The van der Waals surface area contributed by atoms with Gasteiger partial charge in [-0.3, -0.25) is 15.0 Å². The molecule has 2 aliphatic carbocycles. The number of oxime groups is 1. The first-order chi connectivity index (χ1) is 35.8. The third kappa shape index (κ3) is 11.9. The molecule has 7 unspecified atom stereocenters. The largest absolute Gasteiger partial charge is 0.493 e. The van der Waals surface area contributed by atoms with Crippen molar-refractivity contribution in [1.82, 2.24) is 4.90 Å². The summed E-state index contributed by atoms with van der Waals surface area (Å²) in [4.78, 5) is 35.8. The second-order valence-electron chi connectivity index (χ2n) is 19.1. The first kappa shape index (κ1) is 51.7. The van der Waals surface area contributed by atoms with E-state index in [-0.39, 0.29) is 62.0 Å². The number of nitro groups is 1.